The minimum atomic E-state index is -1.08. The van der Waals surface area contributed by atoms with Crippen LogP contribution in [0.15, 0.2) is 48.5 Å². The van der Waals surface area contributed by atoms with E-state index in [9.17, 15) is 28.8 Å². The van der Waals surface area contributed by atoms with Crippen LogP contribution in [0, 0.1) is 0 Å². The zero-order valence-electron chi connectivity index (χ0n) is 34.1. The highest BCUT2D eigenvalue weighted by Gasteiger charge is 2.32. The Kier molecular flexibility index (Phi) is 15.7. The molecule has 0 atom stereocenters. The van der Waals surface area contributed by atoms with E-state index < -0.39 is 53.1 Å². The minimum absolute atomic E-state index is 0.000376. The lowest BCUT2D eigenvalue weighted by Gasteiger charge is -2.32. The Morgan fingerprint density at radius 2 is 1.07 bits per heavy atom. The van der Waals surface area contributed by atoms with Crippen molar-refractivity contribution < 1.29 is 52.8 Å². The van der Waals surface area contributed by atoms with Gasteiger partial charge in [0.1, 0.15) is 23.4 Å². The largest absolute Gasteiger partial charge is 0.481 e. The number of fused-ring (bicyclic) bond motifs is 3. The average molecular weight is 783 g/mol. The van der Waals surface area contributed by atoms with Crippen LogP contribution in [0.1, 0.15) is 98.6 Å². The van der Waals surface area contributed by atoms with E-state index in [-0.39, 0.29) is 71.1 Å². The number of amides is 5. The van der Waals surface area contributed by atoms with Crippen LogP contribution < -0.4 is 5.32 Å². The third kappa shape index (κ3) is 14.7. The van der Waals surface area contributed by atoms with Crippen LogP contribution in [-0.4, -0.2) is 119 Å². The summed E-state index contributed by atoms with van der Waals surface area (Å²) in [5.74, 6) is -1.88. The van der Waals surface area contributed by atoms with Gasteiger partial charge in [0.25, 0.3) is 0 Å². The Labute approximate surface area is 329 Å². The Morgan fingerprint density at radius 3 is 1.55 bits per heavy atom. The number of benzene rings is 2. The molecule has 1 aliphatic carbocycles. The van der Waals surface area contributed by atoms with Crippen molar-refractivity contribution in [1.82, 2.24) is 20.0 Å². The van der Waals surface area contributed by atoms with E-state index in [1.54, 1.807) is 62.3 Å². The molecule has 15 nitrogen and oxygen atoms in total. The molecule has 0 bridgehead atoms. The molecule has 0 heterocycles. The molecule has 0 saturated heterocycles. The molecule has 2 N–H and O–H groups in total. The second kappa shape index (κ2) is 19.5. The number of hydrogen-bond donors (Lipinski definition) is 2. The lowest BCUT2D eigenvalue weighted by Crippen LogP contribution is -2.49. The standard InChI is InChI=1S/C41H58N4O11/c1-39(2,3)54-36(50)43(22-21-42-35(49)53-27-32-30-17-12-10-15-28(30)29-16-11-13-18-31(29)32)23-24-44(37(51)55-40(4,5)6)25-26-45(38(52)56-41(7,8)9)33(46)19-14-20-34(47)48/h10-13,15-18,32H,14,19-27H2,1-9H3,(H,42,49)(H,47,48). The first-order valence-corrected chi connectivity index (χ1v) is 18.8. The van der Waals surface area contributed by atoms with Crippen LogP contribution in [0.4, 0.5) is 19.2 Å². The van der Waals surface area contributed by atoms with E-state index in [1.807, 2.05) is 48.5 Å². The number of carboxylic acids is 1. The number of alkyl carbamates (subject to hydrolysis) is 1. The number of carbonyl (C=O) groups excluding carboxylic acids is 5. The Bertz CT molecular complexity index is 1660. The summed E-state index contributed by atoms with van der Waals surface area (Å²) >= 11 is 0. The molecule has 0 aromatic heterocycles. The van der Waals surface area contributed by atoms with E-state index in [1.165, 1.54) is 9.80 Å². The van der Waals surface area contributed by atoms with Crippen molar-refractivity contribution in [1.29, 1.82) is 0 Å². The molecule has 2 aromatic rings. The normalized spacial score (nSPS) is 12.4. The van der Waals surface area contributed by atoms with Gasteiger partial charge in [0, 0.05) is 58.0 Å². The lowest BCUT2D eigenvalue weighted by atomic mass is 9.98. The van der Waals surface area contributed by atoms with Crippen LogP contribution in [0.5, 0.6) is 0 Å². The topological polar surface area (TPSA) is 181 Å². The Hall–Kier alpha value is -5.34. The number of carbonyl (C=O) groups is 6. The number of imide groups is 1. The van der Waals surface area contributed by atoms with Gasteiger partial charge in [-0.2, -0.15) is 0 Å². The Balaban J connectivity index is 1.71. The number of carboxylic acid groups (broad SMARTS) is 1. The van der Waals surface area contributed by atoms with Crippen molar-refractivity contribution in [3.05, 3.63) is 59.7 Å². The summed E-state index contributed by atoms with van der Waals surface area (Å²) in [4.78, 5) is 80.4. The fraction of sp³-hybridized carbons (Fsp3) is 0.561. The average Bonchev–Trinajstić information content (AvgIpc) is 3.38. The van der Waals surface area contributed by atoms with Crippen molar-refractivity contribution in [2.75, 3.05) is 45.9 Å². The summed E-state index contributed by atoms with van der Waals surface area (Å²) in [5.41, 5.74) is 1.66. The van der Waals surface area contributed by atoms with Gasteiger partial charge in [0.2, 0.25) is 5.91 Å². The monoisotopic (exact) mass is 782 g/mol. The number of nitrogens with one attached hydrogen (secondary N) is 1. The first-order valence-electron chi connectivity index (χ1n) is 18.8. The fourth-order valence-corrected chi connectivity index (χ4v) is 5.81. The van der Waals surface area contributed by atoms with Gasteiger partial charge < -0.3 is 39.2 Å². The molecular weight excluding hydrogens is 724 g/mol. The second-order valence-corrected chi connectivity index (χ2v) is 16.5. The molecule has 5 amide bonds. The highest BCUT2D eigenvalue weighted by Crippen LogP contribution is 2.44. The van der Waals surface area contributed by atoms with E-state index >= 15 is 0 Å². The maximum atomic E-state index is 13.4. The third-order valence-corrected chi connectivity index (χ3v) is 8.23. The number of aliphatic carboxylic acids is 1. The zero-order chi connectivity index (χ0) is 41.8. The summed E-state index contributed by atoms with van der Waals surface area (Å²) in [7, 11) is 0. The van der Waals surface area contributed by atoms with Crippen molar-refractivity contribution in [2.45, 2.75) is 104 Å². The van der Waals surface area contributed by atoms with Gasteiger partial charge in [-0.05, 0) is 91.0 Å². The van der Waals surface area contributed by atoms with E-state index in [4.69, 9.17) is 24.1 Å². The molecule has 3 rings (SSSR count). The summed E-state index contributed by atoms with van der Waals surface area (Å²) in [6.07, 6.45) is -3.58. The number of rotatable bonds is 15. The molecule has 15 heteroatoms. The zero-order valence-corrected chi connectivity index (χ0v) is 34.1. The molecule has 1 aliphatic rings. The molecule has 308 valence electrons. The van der Waals surface area contributed by atoms with Crippen LogP contribution in [0.2, 0.25) is 0 Å². The number of nitrogens with zero attached hydrogens (tertiary/aromatic N) is 3. The van der Waals surface area contributed by atoms with Crippen LogP contribution >= 0.6 is 0 Å². The number of ether oxygens (including phenoxy) is 4. The van der Waals surface area contributed by atoms with Crippen molar-refractivity contribution >= 4 is 36.2 Å². The molecule has 0 spiro atoms. The first kappa shape index (κ1) is 45.1. The molecule has 0 saturated carbocycles. The van der Waals surface area contributed by atoms with Crippen LogP contribution in [0.3, 0.4) is 0 Å². The molecule has 0 unspecified atom stereocenters. The third-order valence-electron chi connectivity index (χ3n) is 8.23. The van der Waals surface area contributed by atoms with E-state index in [0.717, 1.165) is 27.2 Å². The van der Waals surface area contributed by atoms with E-state index in [2.05, 4.69) is 5.32 Å². The number of hydrogen-bond acceptors (Lipinski definition) is 10. The van der Waals surface area contributed by atoms with Gasteiger partial charge in [-0.25, -0.2) is 24.1 Å². The van der Waals surface area contributed by atoms with Crippen molar-refractivity contribution in [2.24, 2.45) is 0 Å². The van der Waals surface area contributed by atoms with Crippen LogP contribution in [-0.2, 0) is 28.5 Å². The summed E-state index contributed by atoms with van der Waals surface area (Å²) in [6.45, 7) is 14.5. The Morgan fingerprint density at radius 1 is 0.625 bits per heavy atom. The summed E-state index contributed by atoms with van der Waals surface area (Å²) in [6, 6.07) is 16.0. The van der Waals surface area contributed by atoms with Gasteiger partial charge in [-0.15, -0.1) is 0 Å². The highest BCUT2D eigenvalue weighted by atomic mass is 16.6. The van der Waals surface area contributed by atoms with E-state index in [0.29, 0.717) is 0 Å². The summed E-state index contributed by atoms with van der Waals surface area (Å²) < 4.78 is 22.3. The van der Waals surface area contributed by atoms with Gasteiger partial charge in [0.05, 0.1) is 0 Å². The van der Waals surface area contributed by atoms with Gasteiger partial charge in [-0.3, -0.25) is 9.59 Å². The molecule has 0 aliphatic heterocycles. The highest BCUT2D eigenvalue weighted by molar-refractivity contribution is 5.92. The predicted octanol–water partition coefficient (Wildman–Crippen LogP) is 7.02. The van der Waals surface area contributed by atoms with Gasteiger partial charge in [-0.1, -0.05) is 48.5 Å². The molecule has 56 heavy (non-hydrogen) atoms. The molecule has 0 fully saturated rings. The lowest BCUT2D eigenvalue weighted by molar-refractivity contribution is -0.137. The predicted molar refractivity (Wildman–Crippen MR) is 208 cm³/mol. The smallest absolute Gasteiger partial charge is 0.417 e. The summed E-state index contributed by atoms with van der Waals surface area (Å²) in [5, 5.41) is 11.7. The quantitative estimate of drug-likeness (QED) is 0.177. The van der Waals surface area contributed by atoms with Gasteiger partial charge >= 0.3 is 30.3 Å². The van der Waals surface area contributed by atoms with Crippen molar-refractivity contribution in [3.8, 4) is 11.1 Å². The van der Waals surface area contributed by atoms with Gasteiger partial charge in [0.15, 0.2) is 0 Å². The molecular formula is C41H58N4O11. The maximum Gasteiger partial charge on any atom is 0.417 e. The second-order valence-electron chi connectivity index (χ2n) is 16.5. The SMILES string of the molecule is CC(C)(C)OC(=O)N(CCNC(=O)OCC1c2ccccc2-c2ccccc21)CCN(CCN(C(=O)CCCC(=O)O)C(=O)OC(C)(C)C)C(=O)OC(C)(C)C. The molecule has 2 aromatic carbocycles. The van der Waals surface area contributed by atoms with Crippen molar-refractivity contribution in [3.63, 3.8) is 0 Å². The first-order chi connectivity index (χ1) is 26.0. The maximum absolute atomic E-state index is 13.4. The molecule has 0 radical (unpaired) electrons. The minimum Gasteiger partial charge on any atom is -0.481 e. The van der Waals surface area contributed by atoms with Crippen LogP contribution in [0.25, 0.3) is 11.1 Å². The fourth-order valence-electron chi connectivity index (χ4n) is 5.81.